The third-order valence-corrected chi connectivity index (χ3v) is 4.76. The molecule has 1 heterocycles. The van der Waals surface area contributed by atoms with Crippen LogP contribution >= 0.6 is 22.9 Å². The van der Waals surface area contributed by atoms with Gasteiger partial charge in [-0.15, -0.1) is 22.9 Å². The molecule has 20 heavy (non-hydrogen) atoms. The standard InChI is InChI=1S/C16H18ClNOS/c17-9-14-11-20-16(18-14)15-4-2-1-3-13(15)10-19-8-7-12-5-6-12/h1-4,11-12H,5-10H2. The van der Waals surface area contributed by atoms with E-state index in [2.05, 4.69) is 23.2 Å². The average Bonchev–Trinajstić information content (AvgIpc) is 3.19. The topological polar surface area (TPSA) is 22.1 Å². The van der Waals surface area contributed by atoms with Gasteiger partial charge in [-0.2, -0.15) is 0 Å². The molecular formula is C16H18ClNOS. The minimum atomic E-state index is 0.469. The third-order valence-electron chi connectivity index (χ3n) is 3.56. The lowest BCUT2D eigenvalue weighted by molar-refractivity contribution is 0.115. The van der Waals surface area contributed by atoms with Crippen LogP contribution in [0.15, 0.2) is 29.6 Å². The normalized spacial score (nSPS) is 14.7. The van der Waals surface area contributed by atoms with Crippen molar-refractivity contribution in [2.75, 3.05) is 6.61 Å². The second-order valence-corrected chi connectivity index (χ2v) is 6.34. The van der Waals surface area contributed by atoms with E-state index in [0.717, 1.165) is 23.2 Å². The lowest BCUT2D eigenvalue weighted by Gasteiger charge is -2.08. The molecule has 0 bridgehead atoms. The molecule has 0 atom stereocenters. The maximum Gasteiger partial charge on any atom is 0.124 e. The van der Waals surface area contributed by atoms with Crippen LogP contribution in [0.5, 0.6) is 0 Å². The van der Waals surface area contributed by atoms with Crippen molar-refractivity contribution in [3.8, 4) is 10.6 Å². The van der Waals surface area contributed by atoms with E-state index < -0.39 is 0 Å². The zero-order valence-electron chi connectivity index (χ0n) is 11.3. The molecular weight excluding hydrogens is 290 g/mol. The number of hydrogen-bond acceptors (Lipinski definition) is 3. The predicted molar refractivity (Wildman–Crippen MR) is 84.1 cm³/mol. The number of hydrogen-bond donors (Lipinski definition) is 0. The molecule has 0 radical (unpaired) electrons. The van der Waals surface area contributed by atoms with E-state index in [1.807, 2.05) is 11.4 Å². The molecule has 0 aliphatic heterocycles. The fraction of sp³-hybridized carbons (Fsp3) is 0.438. The molecule has 2 nitrogen and oxygen atoms in total. The van der Waals surface area contributed by atoms with Crippen LogP contribution in [-0.2, 0) is 17.2 Å². The maximum absolute atomic E-state index is 5.82. The number of aromatic nitrogens is 1. The monoisotopic (exact) mass is 307 g/mol. The highest BCUT2D eigenvalue weighted by molar-refractivity contribution is 7.13. The summed E-state index contributed by atoms with van der Waals surface area (Å²) < 4.78 is 5.82. The average molecular weight is 308 g/mol. The quantitative estimate of drug-likeness (QED) is 0.538. The van der Waals surface area contributed by atoms with E-state index in [9.17, 15) is 0 Å². The molecule has 0 N–H and O–H groups in total. The van der Waals surface area contributed by atoms with Crippen LogP contribution in [-0.4, -0.2) is 11.6 Å². The van der Waals surface area contributed by atoms with Crippen molar-refractivity contribution in [1.29, 1.82) is 0 Å². The summed E-state index contributed by atoms with van der Waals surface area (Å²) in [5.74, 6) is 1.40. The molecule has 3 rings (SSSR count). The number of nitrogens with zero attached hydrogens (tertiary/aromatic N) is 1. The Kier molecular flexibility index (Phi) is 4.71. The highest BCUT2D eigenvalue weighted by Crippen LogP contribution is 2.32. The van der Waals surface area contributed by atoms with Crippen molar-refractivity contribution in [3.05, 3.63) is 40.9 Å². The van der Waals surface area contributed by atoms with Gasteiger partial charge in [-0.1, -0.05) is 37.1 Å². The first-order chi connectivity index (χ1) is 9.86. The summed E-state index contributed by atoms with van der Waals surface area (Å²) in [6.07, 6.45) is 3.98. The van der Waals surface area contributed by atoms with Crippen molar-refractivity contribution in [3.63, 3.8) is 0 Å². The van der Waals surface area contributed by atoms with Gasteiger partial charge in [0.05, 0.1) is 18.2 Å². The van der Waals surface area contributed by atoms with Crippen LogP contribution in [0, 0.1) is 5.92 Å². The molecule has 1 aromatic heterocycles. The van der Waals surface area contributed by atoms with Gasteiger partial charge in [0.15, 0.2) is 0 Å². The fourth-order valence-electron chi connectivity index (χ4n) is 2.19. The summed E-state index contributed by atoms with van der Waals surface area (Å²) in [5.41, 5.74) is 3.31. The Balaban J connectivity index is 1.66. The van der Waals surface area contributed by atoms with E-state index in [1.54, 1.807) is 11.3 Å². The Morgan fingerprint density at radius 2 is 2.15 bits per heavy atom. The van der Waals surface area contributed by atoms with Gasteiger partial charge < -0.3 is 4.74 Å². The molecule has 2 aromatic rings. The summed E-state index contributed by atoms with van der Waals surface area (Å²) >= 11 is 7.47. The number of thiazole rings is 1. The molecule has 106 valence electrons. The highest BCUT2D eigenvalue weighted by atomic mass is 35.5. The minimum Gasteiger partial charge on any atom is -0.377 e. The molecule has 1 fully saturated rings. The summed E-state index contributed by atoms with van der Waals surface area (Å²) in [6, 6.07) is 8.33. The summed E-state index contributed by atoms with van der Waals surface area (Å²) in [5, 5.41) is 3.05. The van der Waals surface area contributed by atoms with E-state index in [0.29, 0.717) is 12.5 Å². The Morgan fingerprint density at radius 3 is 2.90 bits per heavy atom. The van der Waals surface area contributed by atoms with Gasteiger partial charge in [0.25, 0.3) is 0 Å². The predicted octanol–water partition coefficient (Wildman–Crippen LogP) is 4.87. The van der Waals surface area contributed by atoms with Gasteiger partial charge in [-0.3, -0.25) is 0 Å². The number of alkyl halides is 1. The van der Waals surface area contributed by atoms with Gasteiger partial charge >= 0.3 is 0 Å². The van der Waals surface area contributed by atoms with Crippen LogP contribution in [0.2, 0.25) is 0 Å². The first-order valence-corrected chi connectivity index (χ1v) is 8.44. The minimum absolute atomic E-state index is 0.469. The van der Waals surface area contributed by atoms with E-state index in [4.69, 9.17) is 16.3 Å². The molecule has 1 aliphatic carbocycles. The van der Waals surface area contributed by atoms with Crippen molar-refractivity contribution in [1.82, 2.24) is 4.98 Å². The lowest BCUT2D eigenvalue weighted by Crippen LogP contribution is -1.98. The molecule has 1 aliphatic rings. The van der Waals surface area contributed by atoms with E-state index in [-0.39, 0.29) is 0 Å². The van der Waals surface area contributed by atoms with Crippen molar-refractivity contribution in [2.45, 2.75) is 31.7 Å². The Morgan fingerprint density at radius 1 is 1.30 bits per heavy atom. The lowest BCUT2D eigenvalue weighted by atomic mass is 10.1. The molecule has 4 heteroatoms. The zero-order chi connectivity index (χ0) is 13.8. The van der Waals surface area contributed by atoms with Crippen molar-refractivity contribution in [2.24, 2.45) is 5.92 Å². The second-order valence-electron chi connectivity index (χ2n) is 5.22. The fourth-order valence-corrected chi connectivity index (χ4v) is 3.29. The molecule has 0 unspecified atom stereocenters. The molecule has 0 amide bonds. The van der Waals surface area contributed by atoms with Crippen LogP contribution in [0.25, 0.3) is 10.6 Å². The van der Waals surface area contributed by atoms with Crippen LogP contribution < -0.4 is 0 Å². The largest absolute Gasteiger partial charge is 0.377 e. The van der Waals surface area contributed by atoms with Gasteiger partial charge in [-0.25, -0.2) is 4.98 Å². The van der Waals surface area contributed by atoms with Crippen molar-refractivity contribution >= 4 is 22.9 Å². The smallest absolute Gasteiger partial charge is 0.124 e. The van der Waals surface area contributed by atoms with Crippen LogP contribution in [0.4, 0.5) is 0 Å². The molecule has 0 saturated heterocycles. The van der Waals surface area contributed by atoms with Crippen LogP contribution in [0.1, 0.15) is 30.5 Å². The van der Waals surface area contributed by atoms with Crippen molar-refractivity contribution < 1.29 is 4.74 Å². The Labute approximate surface area is 128 Å². The summed E-state index contributed by atoms with van der Waals surface area (Å²) in [6.45, 7) is 1.53. The van der Waals surface area contributed by atoms with E-state index >= 15 is 0 Å². The molecule has 1 aromatic carbocycles. The Bertz CT molecular complexity index is 565. The first-order valence-electron chi connectivity index (χ1n) is 7.03. The molecule has 0 spiro atoms. The SMILES string of the molecule is ClCc1csc(-c2ccccc2COCCC2CC2)n1. The zero-order valence-corrected chi connectivity index (χ0v) is 12.9. The van der Waals surface area contributed by atoms with Gasteiger partial charge in [0, 0.05) is 17.6 Å². The molecule has 1 saturated carbocycles. The number of ether oxygens (including phenoxy) is 1. The summed E-state index contributed by atoms with van der Waals surface area (Å²) in [7, 11) is 0. The first kappa shape index (κ1) is 14.1. The second kappa shape index (κ2) is 6.70. The highest BCUT2D eigenvalue weighted by Gasteiger charge is 2.20. The number of benzene rings is 1. The summed E-state index contributed by atoms with van der Waals surface area (Å²) in [4.78, 5) is 4.56. The van der Waals surface area contributed by atoms with Gasteiger partial charge in [0.1, 0.15) is 5.01 Å². The van der Waals surface area contributed by atoms with Crippen LogP contribution in [0.3, 0.4) is 0 Å². The number of rotatable bonds is 7. The number of halogens is 1. The third kappa shape index (κ3) is 3.60. The van der Waals surface area contributed by atoms with Gasteiger partial charge in [-0.05, 0) is 17.9 Å². The van der Waals surface area contributed by atoms with Gasteiger partial charge in [0.2, 0.25) is 0 Å². The maximum atomic E-state index is 5.82. The van der Waals surface area contributed by atoms with E-state index in [1.165, 1.54) is 30.4 Å². The Hall–Kier alpha value is -0.900.